The lowest BCUT2D eigenvalue weighted by Crippen LogP contribution is -1.98. The molecular formula is C19H24N2O2. The van der Waals surface area contributed by atoms with Crippen LogP contribution in [0.2, 0.25) is 0 Å². The van der Waals surface area contributed by atoms with Crippen LogP contribution < -0.4 is 5.32 Å². The summed E-state index contributed by atoms with van der Waals surface area (Å²) in [6, 6.07) is 12.8. The Morgan fingerprint density at radius 3 is 2.70 bits per heavy atom. The van der Waals surface area contributed by atoms with Gasteiger partial charge in [-0.05, 0) is 41.6 Å². The molecule has 4 nitrogen and oxygen atoms in total. The normalized spacial score (nSPS) is 10.7. The number of nitrogens with zero attached hydrogens (tertiary/aromatic N) is 1. The molecule has 0 saturated carbocycles. The number of hydrogen-bond acceptors (Lipinski definition) is 4. The van der Waals surface area contributed by atoms with Gasteiger partial charge in [0, 0.05) is 26.8 Å². The zero-order valence-corrected chi connectivity index (χ0v) is 14.0. The van der Waals surface area contributed by atoms with Crippen molar-refractivity contribution in [3.63, 3.8) is 0 Å². The Morgan fingerprint density at radius 2 is 2.09 bits per heavy atom. The summed E-state index contributed by atoms with van der Waals surface area (Å²) in [5.74, 6) is 0. The Hall–Kier alpha value is -2.46. The quantitative estimate of drug-likeness (QED) is 0.656. The van der Waals surface area contributed by atoms with E-state index in [2.05, 4.69) is 53.4 Å². The van der Waals surface area contributed by atoms with Crippen molar-refractivity contribution >= 4 is 23.8 Å². The van der Waals surface area contributed by atoms with Crippen LogP contribution in [0, 0.1) is 0 Å². The summed E-state index contributed by atoms with van der Waals surface area (Å²) < 4.78 is 5.21. The Kier molecular flexibility index (Phi) is 8.32. The minimum Gasteiger partial charge on any atom is -0.393 e. The predicted molar refractivity (Wildman–Crippen MR) is 96.8 cm³/mol. The maximum atomic E-state index is 8.81. The molecule has 4 heteroatoms. The number of carbonyl (C=O) groups excluding carboxylic acids is 1. The van der Waals surface area contributed by atoms with E-state index >= 15 is 0 Å². The fourth-order valence-electron chi connectivity index (χ4n) is 2.31. The standard InChI is InChI=1S/C17H20N2O.C2H4O/c1-18-11-16(19-2)10-15-6-4-5-14-8-7-13(12-20-3)9-17(14)15;1-2-3/h4-9,11,18H,2,10,12H2,1,3H3;2H,1H3/b16-11-;. The van der Waals surface area contributed by atoms with E-state index in [1.54, 1.807) is 7.11 Å². The molecule has 2 rings (SSSR count). The van der Waals surface area contributed by atoms with Crippen molar-refractivity contribution in [3.8, 4) is 0 Å². The van der Waals surface area contributed by atoms with Gasteiger partial charge in [0.15, 0.2) is 0 Å². The van der Waals surface area contributed by atoms with Crippen LogP contribution in [0.3, 0.4) is 0 Å². The minimum absolute atomic E-state index is 0.628. The van der Waals surface area contributed by atoms with E-state index in [1.165, 1.54) is 28.8 Å². The van der Waals surface area contributed by atoms with Crippen LogP contribution in [0.5, 0.6) is 0 Å². The van der Waals surface area contributed by atoms with E-state index in [9.17, 15) is 0 Å². The number of benzene rings is 2. The van der Waals surface area contributed by atoms with Crippen molar-refractivity contribution in [2.24, 2.45) is 4.99 Å². The van der Waals surface area contributed by atoms with Crippen molar-refractivity contribution in [2.75, 3.05) is 14.2 Å². The summed E-state index contributed by atoms with van der Waals surface area (Å²) in [6.07, 6.45) is 3.39. The first-order chi connectivity index (χ1) is 11.2. The first-order valence-corrected chi connectivity index (χ1v) is 7.42. The van der Waals surface area contributed by atoms with Gasteiger partial charge in [-0.1, -0.05) is 30.3 Å². The van der Waals surface area contributed by atoms with Gasteiger partial charge in [-0.15, -0.1) is 0 Å². The van der Waals surface area contributed by atoms with E-state index in [4.69, 9.17) is 9.53 Å². The maximum absolute atomic E-state index is 8.81. The molecule has 0 spiro atoms. The van der Waals surface area contributed by atoms with Gasteiger partial charge >= 0.3 is 0 Å². The van der Waals surface area contributed by atoms with Crippen LogP contribution in [-0.2, 0) is 22.6 Å². The molecule has 0 fully saturated rings. The summed E-state index contributed by atoms with van der Waals surface area (Å²) in [5, 5.41) is 5.48. The summed E-state index contributed by atoms with van der Waals surface area (Å²) in [4.78, 5) is 12.9. The molecule has 0 aliphatic rings. The lowest BCUT2D eigenvalue weighted by Gasteiger charge is -2.09. The molecule has 0 unspecified atom stereocenters. The summed E-state index contributed by atoms with van der Waals surface area (Å²) in [6.45, 7) is 5.70. The number of rotatable bonds is 6. The molecular weight excluding hydrogens is 288 g/mol. The van der Waals surface area contributed by atoms with Gasteiger partial charge in [0.25, 0.3) is 0 Å². The van der Waals surface area contributed by atoms with Gasteiger partial charge in [-0.3, -0.25) is 4.99 Å². The Morgan fingerprint density at radius 1 is 1.35 bits per heavy atom. The third kappa shape index (κ3) is 5.68. The van der Waals surface area contributed by atoms with Crippen molar-refractivity contribution < 1.29 is 9.53 Å². The van der Waals surface area contributed by atoms with Gasteiger partial charge < -0.3 is 14.8 Å². The Balaban J connectivity index is 0.000000816. The number of aliphatic imine (C=N–C) groups is 1. The minimum atomic E-state index is 0.628. The van der Waals surface area contributed by atoms with Crippen molar-refractivity contribution in [3.05, 3.63) is 59.4 Å². The summed E-state index contributed by atoms with van der Waals surface area (Å²) in [7, 11) is 3.58. The highest BCUT2D eigenvalue weighted by atomic mass is 16.5. The van der Waals surface area contributed by atoms with Gasteiger partial charge in [-0.2, -0.15) is 0 Å². The van der Waals surface area contributed by atoms with Crippen LogP contribution in [0.1, 0.15) is 18.1 Å². The van der Waals surface area contributed by atoms with Crippen LogP contribution in [0.15, 0.2) is 53.3 Å². The average molecular weight is 312 g/mol. The van der Waals surface area contributed by atoms with Crippen LogP contribution in [-0.4, -0.2) is 27.2 Å². The third-order valence-electron chi connectivity index (χ3n) is 3.23. The fourth-order valence-corrected chi connectivity index (χ4v) is 2.31. The highest BCUT2D eigenvalue weighted by Gasteiger charge is 2.04. The smallest absolute Gasteiger partial charge is 0.116 e. The first-order valence-electron chi connectivity index (χ1n) is 7.42. The molecule has 122 valence electrons. The summed E-state index contributed by atoms with van der Waals surface area (Å²) in [5.41, 5.74) is 3.35. The molecule has 0 aliphatic heterocycles. The van der Waals surface area contributed by atoms with Crippen molar-refractivity contribution in [1.82, 2.24) is 5.32 Å². The average Bonchev–Trinajstić information content (AvgIpc) is 2.56. The number of nitrogens with one attached hydrogen (secondary N) is 1. The highest BCUT2D eigenvalue weighted by molar-refractivity contribution is 5.86. The second-order valence-corrected chi connectivity index (χ2v) is 4.90. The zero-order valence-electron chi connectivity index (χ0n) is 14.0. The van der Waals surface area contributed by atoms with Crippen LogP contribution in [0.4, 0.5) is 0 Å². The lowest BCUT2D eigenvalue weighted by molar-refractivity contribution is -0.106. The van der Waals surface area contributed by atoms with Crippen molar-refractivity contribution in [1.29, 1.82) is 0 Å². The number of hydrogen-bond donors (Lipinski definition) is 1. The van der Waals surface area contributed by atoms with E-state index in [1.807, 2.05) is 13.2 Å². The molecule has 0 radical (unpaired) electrons. The second kappa shape index (κ2) is 10.3. The number of methoxy groups -OCH3 is 1. The van der Waals surface area contributed by atoms with Crippen LogP contribution >= 0.6 is 0 Å². The monoisotopic (exact) mass is 312 g/mol. The molecule has 2 aromatic carbocycles. The molecule has 1 N–H and O–H groups in total. The van der Waals surface area contributed by atoms with Gasteiger partial charge in [-0.25, -0.2) is 0 Å². The van der Waals surface area contributed by atoms with Crippen molar-refractivity contribution in [2.45, 2.75) is 20.0 Å². The number of fused-ring (bicyclic) bond motifs is 1. The SMILES string of the molecule is C=N/C(=C\NC)Cc1cccc2ccc(COC)cc12.CC=O. The highest BCUT2D eigenvalue weighted by Crippen LogP contribution is 2.23. The predicted octanol–water partition coefficient (Wildman–Crippen LogP) is 3.50. The Labute approximate surface area is 137 Å². The Bertz CT molecular complexity index is 678. The van der Waals surface area contributed by atoms with Crippen LogP contribution in [0.25, 0.3) is 10.8 Å². The van der Waals surface area contributed by atoms with E-state index in [0.717, 1.165) is 18.4 Å². The first kappa shape index (κ1) is 18.6. The van der Waals surface area contributed by atoms with Gasteiger partial charge in [0.2, 0.25) is 0 Å². The van der Waals surface area contributed by atoms with E-state index in [0.29, 0.717) is 6.61 Å². The molecule has 0 heterocycles. The molecule has 2 aromatic rings. The van der Waals surface area contributed by atoms with Gasteiger partial charge in [0.1, 0.15) is 6.29 Å². The molecule has 0 saturated heterocycles. The molecule has 0 aromatic heterocycles. The number of allylic oxidation sites excluding steroid dienone is 1. The number of carbonyl (C=O) groups is 1. The molecule has 0 atom stereocenters. The zero-order chi connectivity index (χ0) is 17.1. The lowest BCUT2D eigenvalue weighted by atomic mass is 9.99. The second-order valence-electron chi connectivity index (χ2n) is 4.90. The molecule has 0 bridgehead atoms. The molecule has 23 heavy (non-hydrogen) atoms. The number of ether oxygens (including phenoxy) is 1. The largest absolute Gasteiger partial charge is 0.393 e. The summed E-state index contributed by atoms with van der Waals surface area (Å²) >= 11 is 0. The van der Waals surface area contributed by atoms with Gasteiger partial charge in [0.05, 0.1) is 12.3 Å². The molecule has 0 aliphatic carbocycles. The fraction of sp³-hybridized carbons (Fsp3) is 0.263. The third-order valence-corrected chi connectivity index (χ3v) is 3.23. The number of aldehydes is 1. The molecule has 0 amide bonds. The topological polar surface area (TPSA) is 50.7 Å². The van der Waals surface area contributed by atoms with E-state index in [-0.39, 0.29) is 0 Å². The maximum Gasteiger partial charge on any atom is 0.116 e. The van der Waals surface area contributed by atoms with E-state index < -0.39 is 0 Å².